The Hall–Kier alpha value is -1.91. The molecule has 1 aromatic rings. The third-order valence-electron chi connectivity index (χ3n) is 4.33. The molecule has 0 amide bonds. The Balaban J connectivity index is 1.59. The summed E-state index contributed by atoms with van der Waals surface area (Å²) in [6.07, 6.45) is 2.67. The summed E-state index contributed by atoms with van der Waals surface area (Å²) >= 11 is 0. The third-order valence-corrected chi connectivity index (χ3v) is 4.33. The third kappa shape index (κ3) is 3.64. The second-order valence-electron chi connectivity index (χ2n) is 6.10. The van der Waals surface area contributed by atoms with Crippen molar-refractivity contribution in [1.82, 2.24) is 10.2 Å². The predicted molar refractivity (Wildman–Crippen MR) is 90.6 cm³/mol. The minimum Gasteiger partial charge on any atom is -0.506 e. The van der Waals surface area contributed by atoms with E-state index in [2.05, 4.69) is 22.0 Å². The quantitative estimate of drug-likeness (QED) is 0.659. The average molecular weight is 302 g/mol. The van der Waals surface area contributed by atoms with Crippen LogP contribution in [0, 0.1) is 5.92 Å². The molecule has 0 unspecified atom stereocenters. The summed E-state index contributed by atoms with van der Waals surface area (Å²) in [5, 5.41) is 13.4. The highest BCUT2D eigenvalue weighted by Gasteiger charge is 2.23. The molecule has 1 saturated carbocycles. The minimum atomic E-state index is 0.366. The van der Waals surface area contributed by atoms with Crippen LogP contribution in [-0.2, 0) is 0 Å². The molecule has 1 aliphatic carbocycles. The number of nitrogens with one attached hydrogen (secondary N) is 1. The lowest BCUT2D eigenvalue weighted by Crippen LogP contribution is -2.52. The van der Waals surface area contributed by atoms with Gasteiger partial charge in [0, 0.05) is 39.3 Å². The topological polar surface area (TPSA) is 51.1 Å². The molecule has 5 heteroatoms. The van der Waals surface area contributed by atoms with E-state index in [-0.39, 0.29) is 0 Å². The molecular weight excluding hydrogens is 276 g/mol. The van der Waals surface area contributed by atoms with Gasteiger partial charge in [0.25, 0.3) is 0 Å². The number of aromatic hydroxyl groups is 1. The average Bonchev–Trinajstić information content (AvgIpc) is 3.37. The SMILES string of the molecule is CCNC(=NCC1CC1)N1CCN(c2ccccc2O)CC1. The number of hydrogen-bond donors (Lipinski definition) is 2. The van der Waals surface area contributed by atoms with Crippen LogP contribution in [0.15, 0.2) is 29.3 Å². The molecule has 3 rings (SSSR count). The van der Waals surface area contributed by atoms with Crippen LogP contribution in [0.3, 0.4) is 0 Å². The number of benzene rings is 1. The van der Waals surface area contributed by atoms with Crippen molar-refractivity contribution in [2.45, 2.75) is 19.8 Å². The number of rotatable bonds is 4. The van der Waals surface area contributed by atoms with E-state index in [1.54, 1.807) is 6.07 Å². The first-order valence-corrected chi connectivity index (χ1v) is 8.34. The Morgan fingerprint density at radius 2 is 1.95 bits per heavy atom. The van der Waals surface area contributed by atoms with Crippen molar-refractivity contribution in [3.05, 3.63) is 24.3 Å². The smallest absolute Gasteiger partial charge is 0.194 e. The molecule has 0 bridgehead atoms. The summed E-state index contributed by atoms with van der Waals surface area (Å²) in [6, 6.07) is 7.58. The highest BCUT2D eigenvalue weighted by Crippen LogP contribution is 2.29. The van der Waals surface area contributed by atoms with E-state index in [4.69, 9.17) is 4.99 Å². The van der Waals surface area contributed by atoms with Gasteiger partial charge < -0.3 is 20.2 Å². The van der Waals surface area contributed by atoms with Crippen LogP contribution < -0.4 is 10.2 Å². The van der Waals surface area contributed by atoms with Crippen LogP contribution in [0.2, 0.25) is 0 Å². The van der Waals surface area contributed by atoms with Gasteiger partial charge in [-0.25, -0.2) is 0 Å². The van der Waals surface area contributed by atoms with Crippen LogP contribution in [-0.4, -0.2) is 55.2 Å². The van der Waals surface area contributed by atoms with E-state index in [1.165, 1.54) is 12.8 Å². The standard InChI is InChI=1S/C17H26N4O/c1-2-18-17(19-13-14-7-8-14)21-11-9-20(10-12-21)15-5-3-4-6-16(15)22/h3-6,14,22H,2,7-13H2,1H3,(H,18,19). The van der Waals surface area contributed by atoms with E-state index in [0.29, 0.717) is 5.75 Å². The van der Waals surface area contributed by atoms with E-state index in [0.717, 1.165) is 56.8 Å². The molecule has 1 aromatic carbocycles. The Morgan fingerprint density at radius 1 is 1.23 bits per heavy atom. The van der Waals surface area contributed by atoms with Crippen molar-refractivity contribution in [3.8, 4) is 5.75 Å². The Morgan fingerprint density at radius 3 is 2.59 bits per heavy atom. The van der Waals surface area contributed by atoms with Gasteiger partial charge in [-0.2, -0.15) is 0 Å². The molecule has 1 saturated heterocycles. The fourth-order valence-corrected chi connectivity index (χ4v) is 2.83. The van der Waals surface area contributed by atoms with Crippen molar-refractivity contribution in [2.75, 3.05) is 44.2 Å². The molecule has 2 aliphatic rings. The van der Waals surface area contributed by atoms with Gasteiger partial charge in [-0.1, -0.05) is 12.1 Å². The van der Waals surface area contributed by atoms with Gasteiger partial charge >= 0.3 is 0 Å². The number of guanidine groups is 1. The van der Waals surface area contributed by atoms with E-state index in [1.807, 2.05) is 18.2 Å². The second-order valence-corrected chi connectivity index (χ2v) is 6.10. The van der Waals surface area contributed by atoms with E-state index >= 15 is 0 Å². The van der Waals surface area contributed by atoms with Crippen molar-refractivity contribution >= 4 is 11.6 Å². The van der Waals surface area contributed by atoms with Crippen molar-refractivity contribution in [2.24, 2.45) is 10.9 Å². The molecule has 2 fully saturated rings. The summed E-state index contributed by atoms with van der Waals surface area (Å²) in [6.45, 7) is 7.67. The number of piperazine rings is 1. The van der Waals surface area contributed by atoms with Gasteiger partial charge in [0.05, 0.1) is 5.69 Å². The molecule has 1 heterocycles. The fraction of sp³-hybridized carbons (Fsp3) is 0.588. The molecule has 0 atom stereocenters. The Bertz CT molecular complexity index is 519. The maximum absolute atomic E-state index is 9.98. The molecule has 0 radical (unpaired) electrons. The Kier molecular flexibility index (Phi) is 4.71. The van der Waals surface area contributed by atoms with Crippen LogP contribution in [0.25, 0.3) is 0 Å². The van der Waals surface area contributed by atoms with E-state index < -0.39 is 0 Å². The Labute approximate surface area is 132 Å². The number of hydrogen-bond acceptors (Lipinski definition) is 3. The molecule has 1 aliphatic heterocycles. The molecule has 2 N–H and O–H groups in total. The number of phenolic OH excluding ortho intramolecular Hbond substituents is 1. The monoisotopic (exact) mass is 302 g/mol. The van der Waals surface area contributed by atoms with Crippen molar-refractivity contribution < 1.29 is 5.11 Å². The highest BCUT2D eigenvalue weighted by atomic mass is 16.3. The minimum absolute atomic E-state index is 0.366. The zero-order valence-corrected chi connectivity index (χ0v) is 13.3. The van der Waals surface area contributed by atoms with Crippen LogP contribution in [0.5, 0.6) is 5.75 Å². The summed E-state index contributed by atoms with van der Waals surface area (Å²) in [5.74, 6) is 2.23. The number of phenols is 1. The lowest BCUT2D eigenvalue weighted by atomic mass is 10.2. The lowest BCUT2D eigenvalue weighted by molar-refractivity contribution is 0.369. The highest BCUT2D eigenvalue weighted by molar-refractivity contribution is 5.80. The molecule has 120 valence electrons. The summed E-state index contributed by atoms with van der Waals surface area (Å²) in [5.41, 5.74) is 0.932. The largest absolute Gasteiger partial charge is 0.506 e. The zero-order chi connectivity index (χ0) is 15.4. The number of nitrogens with zero attached hydrogens (tertiary/aromatic N) is 3. The van der Waals surface area contributed by atoms with Crippen LogP contribution >= 0.6 is 0 Å². The lowest BCUT2D eigenvalue weighted by Gasteiger charge is -2.37. The van der Waals surface area contributed by atoms with Gasteiger partial charge in [-0.3, -0.25) is 4.99 Å². The zero-order valence-electron chi connectivity index (χ0n) is 13.3. The summed E-state index contributed by atoms with van der Waals surface area (Å²) < 4.78 is 0. The van der Waals surface area contributed by atoms with Gasteiger partial charge in [0.15, 0.2) is 5.96 Å². The predicted octanol–water partition coefficient (Wildman–Crippen LogP) is 1.89. The van der Waals surface area contributed by atoms with Gasteiger partial charge in [0.2, 0.25) is 0 Å². The van der Waals surface area contributed by atoms with Crippen molar-refractivity contribution in [1.29, 1.82) is 0 Å². The summed E-state index contributed by atoms with van der Waals surface area (Å²) in [4.78, 5) is 9.36. The first-order chi connectivity index (χ1) is 10.8. The van der Waals surface area contributed by atoms with Gasteiger partial charge in [-0.15, -0.1) is 0 Å². The second kappa shape index (κ2) is 6.90. The molecular formula is C17H26N4O. The van der Waals surface area contributed by atoms with Crippen molar-refractivity contribution in [3.63, 3.8) is 0 Å². The maximum atomic E-state index is 9.98. The normalized spacial score (nSPS) is 19.4. The van der Waals surface area contributed by atoms with Crippen LogP contribution in [0.1, 0.15) is 19.8 Å². The number of aliphatic imine (C=N–C) groups is 1. The van der Waals surface area contributed by atoms with Crippen LogP contribution in [0.4, 0.5) is 5.69 Å². The fourth-order valence-electron chi connectivity index (χ4n) is 2.83. The van der Waals surface area contributed by atoms with Gasteiger partial charge in [-0.05, 0) is 37.8 Å². The molecule has 0 aromatic heterocycles. The van der Waals surface area contributed by atoms with Gasteiger partial charge in [0.1, 0.15) is 5.75 Å². The molecule has 5 nitrogen and oxygen atoms in total. The first-order valence-electron chi connectivity index (χ1n) is 8.34. The molecule has 22 heavy (non-hydrogen) atoms. The first kappa shape index (κ1) is 15.0. The number of anilines is 1. The summed E-state index contributed by atoms with van der Waals surface area (Å²) in [7, 11) is 0. The molecule has 0 spiro atoms. The van der Waals surface area contributed by atoms with E-state index in [9.17, 15) is 5.11 Å². The maximum Gasteiger partial charge on any atom is 0.194 e. The number of para-hydroxylation sites is 2.